The Morgan fingerprint density at radius 1 is 1.14 bits per heavy atom. The van der Waals surface area contributed by atoms with Gasteiger partial charge < -0.3 is 14.6 Å². The average Bonchev–Trinajstić information content (AvgIpc) is 2.47. The molecule has 1 unspecified atom stereocenters. The van der Waals surface area contributed by atoms with Crippen LogP contribution < -0.4 is 4.74 Å². The zero-order valence-corrected chi connectivity index (χ0v) is 13.1. The number of hydrogen-bond donors (Lipinski definition) is 1. The third-order valence-corrected chi connectivity index (χ3v) is 3.72. The first-order valence-electron chi connectivity index (χ1n) is 6.47. The van der Waals surface area contributed by atoms with Crippen molar-refractivity contribution in [3.8, 4) is 5.75 Å². The standard InChI is InChI=1S/C16H16BrFO3/c1-20-9-10-21-14-8-3-2-5-11(14)16(19)15-12(17)6-4-7-13(15)18/h2-8,16,19H,9-10H2,1H3. The van der Waals surface area contributed by atoms with Gasteiger partial charge in [-0.25, -0.2) is 4.39 Å². The Kier molecular flexibility index (Phi) is 5.73. The molecule has 1 atom stereocenters. The van der Waals surface area contributed by atoms with E-state index in [0.717, 1.165) is 0 Å². The van der Waals surface area contributed by atoms with Gasteiger partial charge in [-0.3, -0.25) is 0 Å². The lowest BCUT2D eigenvalue weighted by Crippen LogP contribution is -2.09. The minimum Gasteiger partial charge on any atom is -0.491 e. The predicted molar refractivity (Wildman–Crippen MR) is 82.0 cm³/mol. The predicted octanol–water partition coefficient (Wildman–Crippen LogP) is 3.70. The van der Waals surface area contributed by atoms with Crippen LogP contribution in [0.3, 0.4) is 0 Å². The van der Waals surface area contributed by atoms with Crippen LogP contribution in [0.2, 0.25) is 0 Å². The molecule has 0 aliphatic heterocycles. The highest BCUT2D eigenvalue weighted by Crippen LogP contribution is 2.35. The smallest absolute Gasteiger partial charge is 0.130 e. The molecule has 0 saturated carbocycles. The van der Waals surface area contributed by atoms with Crippen molar-refractivity contribution in [2.45, 2.75) is 6.10 Å². The van der Waals surface area contributed by atoms with Crippen molar-refractivity contribution < 1.29 is 19.0 Å². The van der Waals surface area contributed by atoms with Crippen LogP contribution in [0.4, 0.5) is 4.39 Å². The normalized spacial score (nSPS) is 12.2. The van der Waals surface area contributed by atoms with E-state index in [2.05, 4.69) is 15.9 Å². The molecule has 5 heteroatoms. The SMILES string of the molecule is COCCOc1ccccc1C(O)c1c(F)cccc1Br. The quantitative estimate of drug-likeness (QED) is 0.804. The highest BCUT2D eigenvalue weighted by Gasteiger charge is 2.21. The summed E-state index contributed by atoms with van der Waals surface area (Å²) >= 11 is 3.27. The molecule has 0 amide bonds. The van der Waals surface area contributed by atoms with Gasteiger partial charge in [0.1, 0.15) is 24.3 Å². The van der Waals surface area contributed by atoms with Crippen molar-refractivity contribution in [3.63, 3.8) is 0 Å². The third-order valence-electron chi connectivity index (χ3n) is 3.03. The lowest BCUT2D eigenvalue weighted by molar-refractivity contribution is 0.142. The molecular formula is C16H16BrFO3. The fourth-order valence-corrected chi connectivity index (χ4v) is 2.56. The average molecular weight is 355 g/mol. The number of rotatable bonds is 6. The van der Waals surface area contributed by atoms with Gasteiger partial charge in [-0.1, -0.05) is 40.2 Å². The Labute approximate surface area is 131 Å². The molecule has 1 N–H and O–H groups in total. The van der Waals surface area contributed by atoms with Gasteiger partial charge in [-0.05, 0) is 18.2 Å². The zero-order chi connectivity index (χ0) is 15.2. The maximum atomic E-state index is 14.0. The van der Waals surface area contributed by atoms with E-state index >= 15 is 0 Å². The van der Waals surface area contributed by atoms with Crippen LogP contribution in [0, 0.1) is 5.82 Å². The first-order chi connectivity index (χ1) is 10.1. The topological polar surface area (TPSA) is 38.7 Å². The Morgan fingerprint density at radius 2 is 1.90 bits per heavy atom. The molecule has 21 heavy (non-hydrogen) atoms. The Bertz CT molecular complexity index is 584. The molecule has 0 aliphatic rings. The Morgan fingerprint density at radius 3 is 2.62 bits per heavy atom. The second-order valence-corrected chi connectivity index (χ2v) is 5.27. The van der Waals surface area contributed by atoms with Crippen LogP contribution in [0.1, 0.15) is 17.2 Å². The Hall–Kier alpha value is -1.43. The van der Waals surface area contributed by atoms with Crippen molar-refractivity contribution in [1.82, 2.24) is 0 Å². The molecule has 3 nitrogen and oxygen atoms in total. The molecular weight excluding hydrogens is 339 g/mol. The number of benzene rings is 2. The molecule has 0 fully saturated rings. The van der Waals surface area contributed by atoms with E-state index in [0.29, 0.717) is 29.0 Å². The molecule has 112 valence electrons. The second kappa shape index (κ2) is 7.54. The van der Waals surface area contributed by atoms with Gasteiger partial charge in [-0.15, -0.1) is 0 Å². The van der Waals surface area contributed by atoms with Crippen molar-refractivity contribution >= 4 is 15.9 Å². The van der Waals surface area contributed by atoms with Crippen LogP contribution in [0.5, 0.6) is 5.75 Å². The van der Waals surface area contributed by atoms with E-state index in [1.54, 1.807) is 43.5 Å². The molecule has 2 aromatic rings. The van der Waals surface area contributed by atoms with E-state index in [9.17, 15) is 9.50 Å². The maximum absolute atomic E-state index is 14.0. The molecule has 0 saturated heterocycles. The van der Waals surface area contributed by atoms with E-state index in [1.165, 1.54) is 6.07 Å². The van der Waals surface area contributed by atoms with E-state index in [1.807, 2.05) is 0 Å². The summed E-state index contributed by atoms with van der Waals surface area (Å²) < 4.78 is 25.0. The molecule has 0 heterocycles. The summed E-state index contributed by atoms with van der Waals surface area (Å²) in [5.41, 5.74) is 0.708. The largest absolute Gasteiger partial charge is 0.491 e. The maximum Gasteiger partial charge on any atom is 0.130 e. The summed E-state index contributed by atoms with van der Waals surface area (Å²) in [6.07, 6.45) is -1.11. The van der Waals surface area contributed by atoms with Crippen molar-refractivity contribution in [3.05, 3.63) is 63.9 Å². The summed E-state index contributed by atoms with van der Waals surface area (Å²) in [4.78, 5) is 0. The summed E-state index contributed by atoms with van der Waals surface area (Å²) in [5.74, 6) is 0.0424. The monoisotopic (exact) mass is 354 g/mol. The molecule has 2 aromatic carbocycles. The van der Waals surface area contributed by atoms with Crippen molar-refractivity contribution in [2.75, 3.05) is 20.3 Å². The van der Waals surface area contributed by atoms with Gasteiger partial charge in [0, 0.05) is 22.7 Å². The first kappa shape index (κ1) is 15.9. The van der Waals surface area contributed by atoms with Gasteiger partial charge in [0.05, 0.1) is 6.61 Å². The van der Waals surface area contributed by atoms with E-state index in [4.69, 9.17) is 9.47 Å². The molecule has 0 aromatic heterocycles. The van der Waals surface area contributed by atoms with E-state index in [-0.39, 0.29) is 5.56 Å². The number of hydrogen-bond acceptors (Lipinski definition) is 3. The lowest BCUT2D eigenvalue weighted by atomic mass is 10.0. The summed E-state index contributed by atoms with van der Waals surface area (Å²) in [7, 11) is 1.58. The summed E-state index contributed by atoms with van der Waals surface area (Å²) in [6, 6.07) is 11.6. The van der Waals surface area contributed by atoms with Gasteiger partial charge in [0.25, 0.3) is 0 Å². The second-order valence-electron chi connectivity index (χ2n) is 4.42. The van der Waals surface area contributed by atoms with E-state index < -0.39 is 11.9 Å². The molecule has 2 rings (SSSR count). The fourth-order valence-electron chi connectivity index (χ4n) is 2.00. The number of aliphatic hydroxyl groups excluding tert-OH is 1. The minimum absolute atomic E-state index is 0.195. The van der Waals surface area contributed by atoms with Crippen LogP contribution in [0.25, 0.3) is 0 Å². The van der Waals surface area contributed by atoms with Crippen LogP contribution >= 0.6 is 15.9 Å². The van der Waals surface area contributed by atoms with Crippen LogP contribution in [-0.4, -0.2) is 25.4 Å². The van der Waals surface area contributed by atoms with Gasteiger partial charge in [0.15, 0.2) is 0 Å². The number of methoxy groups -OCH3 is 1. The van der Waals surface area contributed by atoms with Crippen LogP contribution in [-0.2, 0) is 4.74 Å². The first-order valence-corrected chi connectivity index (χ1v) is 7.27. The summed E-state index contributed by atoms with van der Waals surface area (Å²) in [5, 5.41) is 10.5. The molecule has 0 bridgehead atoms. The summed E-state index contributed by atoms with van der Waals surface area (Å²) in [6.45, 7) is 0.798. The number of para-hydroxylation sites is 1. The molecule has 0 radical (unpaired) electrons. The molecule has 0 aliphatic carbocycles. The fraction of sp³-hybridized carbons (Fsp3) is 0.250. The number of aliphatic hydroxyl groups is 1. The zero-order valence-electron chi connectivity index (χ0n) is 11.6. The number of halogens is 2. The highest BCUT2D eigenvalue weighted by atomic mass is 79.9. The highest BCUT2D eigenvalue weighted by molar-refractivity contribution is 9.10. The van der Waals surface area contributed by atoms with Crippen molar-refractivity contribution in [1.29, 1.82) is 0 Å². The van der Waals surface area contributed by atoms with Crippen LogP contribution in [0.15, 0.2) is 46.9 Å². The molecule has 0 spiro atoms. The van der Waals surface area contributed by atoms with Gasteiger partial charge in [-0.2, -0.15) is 0 Å². The third kappa shape index (κ3) is 3.81. The Balaban J connectivity index is 2.32. The van der Waals surface area contributed by atoms with Gasteiger partial charge >= 0.3 is 0 Å². The van der Waals surface area contributed by atoms with Gasteiger partial charge in [0.2, 0.25) is 0 Å². The minimum atomic E-state index is -1.11. The number of ether oxygens (including phenoxy) is 2. The van der Waals surface area contributed by atoms with Crippen molar-refractivity contribution in [2.24, 2.45) is 0 Å². The lowest BCUT2D eigenvalue weighted by Gasteiger charge is -2.18.